The molecule has 1 aromatic rings. The highest BCUT2D eigenvalue weighted by Gasteiger charge is 2.27. The number of benzene rings is 1. The molecule has 1 atom stereocenters. The molecule has 3 amide bonds. The lowest BCUT2D eigenvalue weighted by Crippen LogP contribution is -2.45. The van der Waals surface area contributed by atoms with Gasteiger partial charge in [-0.25, -0.2) is 17.9 Å². The molecule has 2 rings (SSSR count). The normalized spacial score (nSPS) is 14.1. The molecular formula is C18H25N3O8S. The van der Waals surface area contributed by atoms with Crippen LogP contribution in [0.1, 0.15) is 26.7 Å². The second kappa shape index (κ2) is 10.3. The Bertz CT molecular complexity index is 901. The highest BCUT2D eigenvalue weighted by molar-refractivity contribution is 7.89. The van der Waals surface area contributed by atoms with Gasteiger partial charge in [0.2, 0.25) is 10.0 Å². The molecule has 0 aliphatic carbocycles. The van der Waals surface area contributed by atoms with Crippen molar-refractivity contribution in [2.24, 2.45) is 11.7 Å². The van der Waals surface area contributed by atoms with Crippen LogP contribution < -0.4 is 25.2 Å². The summed E-state index contributed by atoms with van der Waals surface area (Å²) in [5.74, 6) is -1.08. The molecule has 0 saturated carbocycles. The van der Waals surface area contributed by atoms with Crippen LogP contribution in [0, 0.1) is 5.92 Å². The second-order valence-corrected chi connectivity index (χ2v) is 8.58. The summed E-state index contributed by atoms with van der Waals surface area (Å²) in [6, 6.07) is 3.24. The van der Waals surface area contributed by atoms with Crippen LogP contribution in [-0.2, 0) is 24.3 Å². The molecule has 166 valence electrons. The van der Waals surface area contributed by atoms with Crippen LogP contribution in [-0.4, -0.2) is 52.2 Å². The zero-order valence-electron chi connectivity index (χ0n) is 16.7. The molecule has 1 aliphatic rings. The van der Waals surface area contributed by atoms with Gasteiger partial charge < -0.3 is 19.9 Å². The van der Waals surface area contributed by atoms with Gasteiger partial charge in [-0.05, 0) is 24.5 Å². The molecule has 0 spiro atoms. The summed E-state index contributed by atoms with van der Waals surface area (Å²) >= 11 is 0. The minimum Gasteiger partial charge on any atom is -0.486 e. The van der Waals surface area contributed by atoms with Crippen molar-refractivity contribution in [1.82, 2.24) is 10.0 Å². The summed E-state index contributed by atoms with van der Waals surface area (Å²) in [6.07, 6.45) is -1.17. The molecule has 0 fully saturated rings. The van der Waals surface area contributed by atoms with E-state index >= 15 is 0 Å². The monoisotopic (exact) mass is 443 g/mol. The van der Waals surface area contributed by atoms with Crippen LogP contribution in [0.3, 0.4) is 0 Å². The van der Waals surface area contributed by atoms with Gasteiger partial charge in [-0.15, -0.1) is 0 Å². The third-order valence-corrected chi connectivity index (χ3v) is 5.50. The van der Waals surface area contributed by atoms with Gasteiger partial charge in [-0.3, -0.25) is 14.9 Å². The zero-order chi connectivity index (χ0) is 22.3. The number of carbonyl (C=O) groups is 3. The summed E-state index contributed by atoms with van der Waals surface area (Å²) in [6.45, 7) is 3.99. The summed E-state index contributed by atoms with van der Waals surface area (Å²) in [7, 11) is -3.81. The first-order valence-corrected chi connectivity index (χ1v) is 10.8. The first kappa shape index (κ1) is 23.4. The summed E-state index contributed by atoms with van der Waals surface area (Å²) < 4.78 is 43.0. The lowest BCUT2D eigenvalue weighted by Gasteiger charge is -2.20. The van der Waals surface area contributed by atoms with E-state index in [0.717, 1.165) is 0 Å². The summed E-state index contributed by atoms with van der Waals surface area (Å²) in [5.41, 5.74) is 4.90. The molecule has 0 aromatic heterocycles. The van der Waals surface area contributed by atoms with Crippen molar-refractivity contribution in [2.45, 2.75) is 37.7 Å². The molecule has 0 radical (unpaired) electrons. The molecule has 11 nitrogen and oxygen atoms in total. The van der Waals surface area contributed by atoms with Gasteiger partial charge in [0.05, 0.1) is 4.90 Å². The predicted molar refractivity (Wildman–Crippen MR) is 104 cm³/mol. The van der Waals surface area contributed by atoms with Crippen LogP contribution in [0.2, 0.25) is 0 Å². The quantitative estimate of drug-likeness (QED) is 0.362. The molecule has 12 heteroatoms. The van der Waals surface area contributed by atoms with Crippen molar-refractivity contribution >= 4 is 27.9 Å². The topological polar surface area (TPSA) is 163 Å². The van der Waals surface area contributed by atoms with E-state index in [4.69, 9.17) is 19.9 Å². The smallest absolute Gasteiger partial charge is 0.318 e. The Labute approximate surface area is 174 Å². The highest BCUT2D eigenvalue weighted by atomic mass is 32.2. The average Bonchev–Trinajstić information content (AvgIpc) is 2.68. The van der Waals surface area contributed by atoms with Crippen molar-refractivity contribution in [2.75, 3.05) is 19.8 Å². The Morgan fingerprint density at radius 1 is 1.17 bits per heavy atom. The van der Waals surface area contributed by atoms with Crippen LogP contribution in [0.5, 0.6) is 11.5 Å². The van der Waals surface area contributed by atoms with Gasteiger partial charge in [0.25, 0.3) is 5.91 Å². The first-order chi connectivity index (χ1) is 14.1. The zero-order valence-corrected chi connectivity index (χ0v) is 17.5. The maximum atomic E-state index is 12.4. The minimum absolute atomic E-state index is 0.0114. The summed E-state index contributed by atoms with van der Waals surface area (Å²) in [5, 5.41) is 1.87. The number of nitrogens with one attached hydrogen (secondary N) is 2. The third-order valence-electron chi connectivity index (χ3n) is 4.04. The number of primary amides is 1. The number of nitrogens with two attached hydrogens (primary N) is 1. The van der Waals surface area contributed by atoms with Crippen molar-refractivity contribution in [3.05, 3.63) is 18.2 Å². The number of fused-ring (bicyclic) bond motifs is 1. The van der Waals surface area contributed by atoms with Crippen molar-refractivity contribution in [3.63, 3.8) is 0 Å². The van der Waals surface area contributed by atoms with Crippen LogP contribution >= 0.6 is 0 Å². The van der Waals surface area contributed by atoms with E-state index in [1.54, 1.807) is 13.8 Å². The van der Waals surface area contributed by atoms with Crippen LogP contribution in [0.15, 0.2) is 23.1 Å². The standard InChI is InChI=1S/C18H25N3O8S/c1-11(2)16(17(23)21-18(19)24)29-15(22)4-3-7-20-30(25,26)12-5-6-13-14(10-12)28-9-8-27-13/h5-6,10-11,16,20H,3-4,7-9H2,1-2H3,(H3,19,21,23,24). The summed E-state index contributed by atoms with van der Waals surface area (Å²) in [4.78, 5) is 34.6. The Morgan fingerprint density at radius 3 is 2.47 bits per heavy atom. The molecule has 0 saturated heterocycles. The molecule has 1 heterocycles. The minimum atomic E-state index is -3.81. The van der Waals surface area contributed by atoms with Crippen LogP contribution in [0.4, 0.5) is 4.79 Å². The Morgan fingerprint density at radius 2 is 1.83 bits per heavy atom. The number of imide groups is 1. The SMILES string of the molecule is CC(C)C(OC(=O)CCCNS(=O)(=O)c1ccc2c(c1)OCCO2)C(=O)NC(N)=O. The number of urea groups is 1. The van der Waals surface area contributed by atoms with E-state index in [9.17, 15) is 22.8 Å². The molecule has 4 N–H and O–H groups in total. The number of hydrogen-bond donors (Lipinski definition) is 3. The molecule has 1 aliphatic heterocycles. The lowest BCUT2D eigenvalue weighted by molar-refractivity contribution is -0.158. The molecule has 30 heavy (non-hydrogen) atoms. The number of rotatable bonds is 9. The molecule has 1 unspecified atom stereocenters. The number of hydrogen-bond acceptors (Lipinski definition) is 8. The van der Waals surface area contributed by atoms with Crippen LogP contribution in [0.25, 0.3) is 0 Å². The second-order valence-electron chi connectivity index (χ2n) is 6.81. The Balaban J connectivity index is 1.83. The van der Waals surface area contributed by atoms with Gasteiger partial charge in [0, 0.05) is 19.0 Å². The van der Waals surface area contributed by atoms with Gasteiger partial charge in [0.1, 0.15) is 13.2 Å². The maximum Gasteiger partial charge on any atom is 0.318 e. The maximum absolute atomic E-state index is 12.4. The predicted octanol–water partition coefficient (Wildman–Crippen LogP) is 0.279. The number of esters is 1. The number of sulfonamides is 1. The average molecular weight is 443 g/mol. The van der Waals surface area contributed by atoms with E-state index in [1.807, 2.05) is 5.32 Å². The van der Waals surface area contributed by atoms with Crippen molar-refractivity contribution in [1.29, 1.82) is 0 Å². The van der Waals surface area contributed by atoms with Gasteiger partial charge in [0.15, 0.2) is 17.6 Å². The fourth-order valence-electron chi connectivity index (χ4n) is 2.60. The Kier molecular flexibility index (Phi) is 8.00. The van der Waals surface area contributed by atoms with E-state index in [1.165, 1.54) is 18.2 Å². The number of amides is 3. The largest absolute Gasteiger partial charge is 0.486 e. The van der Waals surface area contributed by atoms with Crippen molar-refractivity contribution in [3.8, 4) is 11.5 Å². The van der Waals surface area contributed by atoms with Crippen molar-refractivity contribution < 1.29 is 37.0 Å². The fourth-order valence-corrected chi connectivity index (χ4v) is 3.69. The van der Waals surface area contributed by atoms with Gasteiger partial charge >= 0.3 is 12.0 Å². The van der Waals surface area contributed by atoms with E-state index in [2.05, 4.69) is 4.72 Å². The third kappa shape index (κ3) is 6.59. The Hall–Kier alpha value is -2.86. The number of carbonyl (C=O) groups excluding carboxylic acids is 3. The lowest BCUT2D eigenvalue weighted by atomic mass is 10.1. The molecular weight excluding hydrogens is 418 g/mol. The molecule has 0 bridgehead atoms. The molecule has 1 aromatic carbocycles. The van der Waals surface area contributed by atoms with Gasteiger partial charge in [-0.2, -0.15) is 0 Å². The van der Waals surface area contributed by atoms with E-state index in [0.29, 0.717) is 24.7 Å². The fraction of sp³-hybridized carbons (Fsp3) is 0.500. The highest BCUT2D eigenvalue weighted by Crippen LogP contribution is 2.32. The van der Waals surface area contributed by atoms with E-state index < -0.39 is 34.0 Å². The first-order valence-electron chi connectivity index (χ1n) is 9.29. The van der Waals surface area contributed by atoms with Gasteiger partial charge in [-0.1, -0.05) is 13.8 Å². The number of ether oxygens (including phenoxy) is 3. The van der Waals surface area contributed by atoms with E-state index in [-0.39, 0.29) is 30.2 Å².